The number of hydrogen-bond donors (Lipinski definition) is 2. The minimum atomic E-state index is -0.0523. The summed E-state index contributed by atoms with van der Waals surface area (Å²) >= 11 is 0. The molecule has 0 bridgehead atoms. The van der Waals surface area contributed by atoms with Crippen molar-refractivity contribution in [2.45, 2.75) is 18.9 Å². The lowest BCUT2D eigenvalue weighted by molar-refractivity contribution is -0.111. The van der Waals surface area contributed by atoms with E-state index < -0.39 is 0 Å². The van der Waals surface area contributed by atoms with Gasteiger partial charge in [-0.05, 0) is 12.8 Å². The highest BCUT2D eigenvalue weighted by Crippen LogP contribution is 2.40. The second kappa shape index (κ2) is 4.14. The second-order valence-corrected chi connectivity index (χ2v) is 4.54. The van der Waals surface area contributed by atoms with E-state index in [4.69, 9.17) is 14.9 Å². The van der Waals surface area contributed by atoms with Gasteiger partial charge in [0.15, 0.2) is 0 Å². The Bertz CT molecular complexity index is 180. The fourth-order valence-electron chi connectivity index (χ4n) is 2.48. The summed E-state index contributed by atoms with van der Waals surface area (Å²) in [4.78, 5) is 2.17. The highest BCUT2D eigenvalue weighted by atomic mass is 16.5. The van der Waals surface area contributed by atoms with E-state index in [0.29, 0.717) is 5.41 Å². The average Bonchev–Trinajstić information content (AvgIpc) is 2.19. The van der Waals surface area contributed by atoms with Gasteiger partial charge in [0, 0.05) is 31.7 Å². The molecule has 4 nitrogen and oxygen atoms in total. The van der Waals surface area contributed by atoms with Gasteiger partial charge in [0.2, 0.25) is 0 Å². The predicted molar refractivity (Wildman–Crippen MR) is 52.0 cm³/mol. The zero-order valence-electron chi connectivity index (χ0n) is 8.48. The predicted octanol–water partition coefficient (Wildman–Crippen LogP) is -0.548. The van der Waals surface area contributed by atoms with Crippen molar-refractivity contribution < 1.29 is 14.9 Å². The van der Waals surface area contributed by atoms with E-state index in [2.05, 4.69) is 4.90 Å². The average molecular weight is 201 g/mol. The van der Waals surface area contributed by atoms with E-state index in [-0.39, 0.29) is 19.3 Å². The number of hydrogen-bond acceptors (Lipinski definition) is 4. The molecule has 4 heteroatoms. The van der Waals surface area contributed by atoms with Crippen molar-refractivity contribution in [3.8, 4) is 0 Å². The Morgan fingerprint density at radius 2 is 1.71 bits per heavy atom. The molecule has 82 valence electrons. The Balaban J connectivity index is 1.82. The van der Waals surface area contributed by atoms with E-state index in [0.717, 1.165) is 39.1 Å². The highest BCUT2D eigenvalue weighted by molar-refractivity contribution is 4.98. The van der Waals surface area contributed by atoms with E-state index in [1.165, 1.54) is 0 Å². The normalized spacial score (nSPS) is 26.8. The summed E-state index contributed by atoms with van der Waals surface area (Å²) < 4.78 is 5.33. The molecule has 2 fully saturated rings. The number of nitrogens with zero attached hydrogens (tertiary/aromatic N) is 1. The lowest BCUT2D eigenvalue weighted by Gasteiger charge is -2.54. The summed E-state index contributed by atoms with van der Waals surface area (Å²) in [7, 11) is 0. The first kappa shape index (κ1) is 10.4. The van der Waals surface area contributed by atoms with Crippen LogP contribution in [0.15, 0.2) is 0 Å². The maximum Gasteiger partial charge on any atom is 0.0609 e. The molecule has 2 rings (SSSR count). The molecule has 2 aliphatic heterocycles. The number of rotatable bonds is 3. The molecular formula is C10H19NO3. The molecule has 2 heterocycles. The molecule has 0 unspecified atom stereocenters. The van der Waals surface area contributed by atoms with Gasteiger partial charge in [-0.1, -0.05) is 0 Å². The van der Waals surface area contributed by atoms with E-state index in [1.54, 1.807) is 0 Å². The van der Waals surface area contributed by atoms with Crippen LogP contribution in [0.2, 0.25) is 0 Å². The minimum Gasteiger partial charge on any atom is -0.395 e. The van der Waals surface area contributed by atoms with Crippen LogP contribution in [0.25, 0.3) is 0 Å². The number of aliphatic hydroxyl groups is 2. The van der Waals surface area contributed by atoms with E-state index in [1.807, 2.05) is 0 Å². The fourth-order valence-corrected chi connectivity index (χ4v) is 2.48. The van der Waals surface area contributed by atoms with Gasteiger partial charge >= 0.3 is 0 Å². The number of aliphatic hydroxyl groups excluding tert-OH is 2. The molecule has 1 spiro atoms. The largest absolute Gasteiger partial charge is 0.395 e. The SMILES string of the molecule is OCC(CO)N1CC2(CCOCC2)C1. The second-order valence-electron chi connectivity index (χ2n) is 4.54. The van der Waals surface area contributed by atoms with Gasteiger partial charge in [0.25, 0.3) is 0 Å². The molecule has 0 atom stereocenters. The third-order valence-electron chi connectivity index (χ3n) is 3.57. The molecule has 0 aliphatic carbocycles. The summed E-state index contributed by atoms with van der Waals surface area (Å²) in [6, 6.07) is -0.0523. The monoisotopic (exact) mass is 201 g/mol. The van der Waals surface area contributed by atoms with Crippen molar-refractivity contribution in [2.75, 3.05) is 39.5 Å². The first-order valence-electron chi connectivity index (χ1n) is 5.33. The molecule has 2 saturated heterocycles. The molecule has 0 aromatic carbocycles. The summed E-state index contributed by atoms with van der Waals surface area (Å²) in [6.07, 6.45) is 2.26. The molecule has 2 N–H and O–H groups in total. The zero-order valence-corrected chi connectivity index (χ0v) is 8.48. The molecule has 0 amide bonds. The Kier molecular flexibility index (Phi) is 3.07. The summed E-state index contributed by atoms with van der Waals surface area (Å²) in [5, 5.41) is 18.0. The fraction of sp³-hybridized carbons (Fsp3) is 1.00. The lowest BCUT2D eigenvalue weighted by atomic mass is 9.73. The van der Waals surface area contributed by atoms with Crippen LogP contribution in [0.1, 0.15) is 12.8 Å². The van der Waals surface area contributed by atoms with Crippen molar-refractivity contribution in [3.05, 3.63) is 0 Å². The Morgan fingerprint density at radius 3 is 2.21 bits per heavy atom. The molecular weight excluding hydrogens is 182 g/mol. The van der Waals surface area contributed by atoms with E-state index >= 15 is 0 Å². The van der Waals surface area contributed by atoms with Crippen LogP contribution in [0, 0.1) is 5.41 Å². The third-order valence-corrected chi connectivity index (χ3v) is 3.57. The highest BCUT2D eigenvalue weighted by Gasteiger charge is 2.45. The van der Waals surface area contributed by atoms with Gasteiger partial charge in [0.05, 0.1) is 19.3 Å². The van der Waals surface area contributed by atoms with Crippen LogP contribution in [0.4, 0.5) is 0 Å². The maximum atomic E-state index is 9.02. The quantitative estimate of drug-likeness (QED) is 0.643. The Morgan fingerprint density at radius 1 is 1.14 bits per heavy atom. The van der Waals surface area contributed by atoms with Crippen LogP contribution in [-0.4, -0.2) is 60.7 Å². The third kappa shape index (κ3) is 1.80. The summed E-state index contributed by atoms with van der Waals surface area (Å²) in [5.41, 5.74) is 0.431. The Hall–Kier alpha value is -0.160. The first-order valence-corrected chi connectivity index (χ1v) is 5.33. The first-order chi connectivity index (χ1) is 6.79. The molecule has 0 radical (unpaired) electrons. The molecule has 2 aliphatic rings. The summed E-state index contributed by atoms with van der Waals surface area (Å²) in [5.74, 6) is 0. The molecule has 0 aromatic heterocycles. The molecule has 0 aromatic rings. The smallest absolute Gasteiger partial charge is 0.0609 e. The van der Waals surface area contributed by atoms with Crippen LogP contribution in [-0.2, 0) is 4.74 Å². The number of likely N-dealkylation sites (tertiary alicyclic amines) is 1. The number of ether oxygens (including phenoxy) is 1. The van der Waals surface area contributed by atoms with Crippen molar-refractivity contribution >= 4 is 0 Å². The van der Waals surface area contributed by atoms with Gasteiger partial charge in [-0.3, -0.25) is 4.90 Å². The zero-order chi connectivity index (χ0) is 10.0. The standard InChI is InChI=1S/C10H19NO3/c12-5-9(6-13)11-7-10(8-11)1-3-14-4-2-10/h9,12-13H,1-8H2. The van der Waals surface area contributed by atoms with Gasteiger partial charge in [-0.15, -0.1) is 0 Å². The molecule has 14 heavy (non-hydrogen) atoms. The minimum absolute atomic E-state index is 0.0523. The van der Waals surface area contributed by atoms with Gasteiger partial charge < -0.3 is 14.9 Å². The van der Waals surface area contributed by atoms with Crippen LogP contribution >= 0.6 is 0 Å². The van der Waals surface area contributed by atoms with Crippen LogP contribution < -0.4 is 0 Å². The van der Waals surface area contributed by atoms with Crippen molar-refractivity contribution in [3.63, 3.8) is 0 Å². The van der Waals surface area contributed by atoms with E-state index in [9.17, 15) is 0 Å². The van der Waals surface area contributed by atoms with Crippen LogP contribution in [0.5, 0.6) is 0 Å². The lowest BCUT2D eigenvalue weighted by Crippen LogP contribution is -2.63. The summed E-state index contributed by atoms with van der Waals surface area (Å²) in [6.45, 7) is 3.89. The topological polar surface area (TPSA) is 52.9 Å². The van der Waals surface area contributed by atoms with Gasteiger partial charge in [-0.25, -0.2) is 0 Å². The van der Waals surface area contributed by atoms with Gasteiger partial charge in [0.1, 0.15) is 0 Å². The van der Waals surface area contributed by atoms with Crippen LogP contribution in [0.3, 0.4) is 0 Å². The van der Waals surface area contributed by atoms with Crippen molar-refractivity contribution in [1.29, 1.82) is 0 Å². The molecule has 0 saturated carbocycles. The maximum absolute atomic E-state index is 9.02. The van der Waals surface area contributed by atoms with Crippen molar-refractivity contribution in [2.24, 2.45) is 5.41 Å². The Labute approximate surface area is 84.5 Å². The van der Waals surface area contributed by atoms with Crippen molar-refractivity contribution in [1.82, 2.24) is 4.90 Å². The van der Waals surface area contributed by atoms with Gasteiger partial charge in [-0.2, -0.15) is 0 Å².